The van der Waals surface area contributed by atoms with Crippen molar-refractivity contribution in [3.05, 3.63) is 30.3 Å². The van der Waals surface area contributed by atoms with Crippen LogP contribution in [0.2, 0.25) is 0 Å². The van der Waals surface area contributed by atoms with Crippen LogP contribution in [0.3, 0.4) is 0 Å². The molecule has 2 aliphatic heterocycles. The Morgan fingerprint density at radius 1 is 1.11 bits per heavy atom. The smallest absolute Gasteiger partial charge is 0.191 e. The fraction of sp³-hybridized carbons (Fsp3) is 0.667. The highest BCUT2D eigenvalue weighted by molar-refractivity contribution is 14.0. The maximum absolute atomic E-state index is 4.80. The Labute approximate surface area is 182 Å². The predicted octanol–water partition coefficient (Wildman–Crippen LogP) is 3.31. The molecule has 2 saturated heterocycles. The van der Waals surface area contributed by atoms with E-state index in [0.717, 1.165) is 38.6 Å². The number of unbranched alkanes of at least 4 members (excludes halogenated alkanes) is 1. The molecule has 0 amide bonds. The molecule has 1 aromatic rings. The predicted molar refractivity (Wildman–Crippen MR) is 126 cm³/mol. The fourth-order valence-corrected chi connectivity index (χ4v) is 3.91. The van der Waals surface area contributed by atoms with E-state index in [1.807, 2.05) is 0 Å². The molecule has 2 heterocycles. The van der Waals surface area contributed by atoms with Gasteiger partial charge in [-0.25, -0.2) is 0 Å². The number of nitrogens with one attached hydrogen (secondary N) is 2. The Morgan fingerprint density at radius 3 is 2.63 bits per heavy atom. The molecule has 152 valence electrons. The number of benzene rings is 1. The van der Waals surface area contributed by atoms with E-state index >= 15 is 0 Å². The molecule has 0 radical (unpaired) electrons. The zero-order chi connectivity index (χ0) is 18.0. The maximum atomic E-state index is 4.80. The minimum Gasteiger partial charge on any atom is -0.369 e. The van der Waals surface area contributed by atoms with Gasteiger partial charge in [0, 0.05) is 37.9 Å². The zero-order valence-electron chi connectivity index (χ0n) is 16.7. The van der Waals surface area contributed by atoms with Crippen molar-refractivity contribution in [1.82, 2.24) is 15.5 Å². The van der Waals surface area contributed by atoms with Crippen LogP contribution in [0.5, 0.6) is 0 Å². The van der Waals surface area contributed by atoms with E-state index in [2.05, 4.69) is 57.7 Å². The number of hydrogen-bond acceptors (Lipinski definition) is 3. The van der Waals surface area contributed by atoms with Gasteiger partial charge in [0.1, 0.15) is 0 Å². The van der Waals surface area contributed by atoms with E-state index < -0.39 is 0 Å². The largest absolute Gasteiger partial charge is 0.369 e. The summed E-state index contributed by atoms with van der Waals surface area (Å²) in [5.41, 5.74) is 1.32. The molecule has 3 rings (SSSR count). The van der Waals surface area contributed by atoms with Gasteiger partial charge in [0.15, 0.2) is 5.96 Å². The number of aliphatic imine (C=N–C) groups is 1. The summed E-state index contributed by atoms with van der Waals surface area (Å²) in [5, 5.41) is 7.04. The summed E-state index contributed by atoms with van der Waals surface area (Å²) >= 11 is 0. The first kappa shape index (κ1) is 22.3. The van der Waals surface area contributed by atoms with E-state index in [4.69, 9.17) is 4.99 Å². The Balaban J connectivity index is 0.00000261. The van der Waals surface area contributed by atoms with Gasteiger partial charge in [-0.15, -0.1) is 24.0 Å². The Kier molecular flexibility index (Phi) is 10.3. The molecule has 6 heteroatoms. The van der Waals surface area contributed by atoms with Crippen molar-refractivity contribution in [2.75, 3.05) is 50.7 Å². The van der Waals surface area contributed by atoms with Crippen LogP contribution in [0.4, 0.5) is 5.69 Å². The Hall–Kier alpha value is -1.02. The van der Waals surface area contributed by atoms with Gasteiger partial charge < -0.3 is 20.4 Å². The number of guanidine groups is 1. The number of nitrogens with zero attached hydrogens (tertiary/aromatic N) is 3. The highest BCUT2D eigenvalue weighted by Gasteiger charge is 2.23. The third kappa shape index (κ3) is 7.49. The minimum absolute atomic E-state index is 0. The lowest BCUT2D eigenvalue weighted by molar-refractivity contribution is 0.331. The van der Waals surface area contributed by atoms with Gasteiger partial charge in [0.2, 0.25) is 0 Å². The first-order chi connectivity index (χ1) is 12.8. The van der Waals surface area contributed by atoms with Crippen LogP contribution in [-0.2, 0) is 0 Å². The molecule has 1 unspecified atom stereocenters. The van der Waals surface area contributed by atoms with Crippen molar-refractivity contribution < 1.29 is 0 Å². The highest BCUT2D eigenvalue weighted by atomic mass is 127. The van der Waals surface area contributed by atoms with E-state index in [-0.39, 0.29) is 24.0 Å². The second kappa shape index (κ2) is 12.4. The second-order valence-corrected chi connectivity index (χ2v) is 7.43. The lowest BCUT2D eigenvalue weighted by Gasteiger charge is -2.20. The third-order valence-corrected chi connectivity index (χ3v) is 5.35. The SMILES string of the molecule is CCNC(=NCCCCN1CCCC1)NC1CCN(c2ccccc2)C1.I. The normalized spacial score (nSPS) is 20.6. The fourth-order valence-electron chi connectivity index (χ4n) is 3.91. The highest BCUT2D eigenvalue weighted by Crippen LogP contribution is 2.19. The summed E-state index contributed by atoms with van der Waals surface area (Å²) in [6.07, 6.45) is 6.36. The van der Waals surface area contributed by atoms with Crippen molar-refractivity contribution in [3.8, 4) is 0 Å². The summed E-state index contributed by atoms with van der Waals surface area (Å²) < 4.78 is 0. The second-order valence-electron chi connectivity index (χ2n) is 7.43. The van der Waals surface area contributed by atoms with Gasteiger partial charge in [0.05, 0.1) is 0 Å². The minimum atomic E-state index is 0. The molecule has 0 bridgehead atoms. The van der Waals surface area contributed by atoms with Gasteiger partial charge in [-0.1, -0.05) is 18.2 Å². The van der Waals surface area contributed by atoms with Gasteiger partial charge >= 0.3 is 0 Å². The van der Waals surface area contributed by atoms with E-state index in [1.165, 1.54) is 51.0 Å². The van der Waals surface area contributed by atoms with Gasteiger partial charge in [0.25, 0.3) is 0 Å². The lowest BCUT2D eigenvalue weighted by Crippen LogP contribution is -2.44. The number of likely N-dealkylation sites (tertiary alicyclic amines) is 1. The first-order valence-electron chi connectivity index (χ1n) is 10.4. The van der Waals surface area contributed by atoms with Crippen LogP contribution in [0.25, 0.3) is 0 Å². The standard InChI is InChI=1S/C21H35N5.HI/c1-2-22-21(23-13-6-7-14-25-15-8-9-16-25)24-19-12-17-26(18-19)20-10-4-3-5-11-20;/h3-5,10-11,19H,2,6-9,12-18H2,1H3,(H2,22,23,24);1H. The third-order valence-electron chi connectivity index (χ3n) is 5.35. The first-order valence-corrected chi connectivity index (χ1v) is 10.4. The topological polar surface area (TPSA) is 42.9 Å². The monoisotopic (exact) mass is 485 g/mol. The summed E-state index contributed by atoms with van der Waals surface area (Å²) in [5.74, 6) is 0.980. The molecule has 0 saturated carbocycles. The number of rotatable bonds is 8. The molecule has 27 heavy (non-hydrogen) atoms. The molecule has 2 fully saturated rings. The summed E-state index contributed by atoms with van der Waals surface area (Å²) in [7, 11) is 0. The van der Waals surface area contributed by atoms with Crippen LogP contribution < -0.4 is 15.5 Å². The zero-order valence-corrected chi connectivity index (χ0v) is 19.0. The van der Waals surface area contributed by atoms with E-state index in [9.17, 15) is 0 Å². The number of para-hydroxylation sites is 1. The molecule has 1 aromatic carbocycles. The van der Waals surface area contributed by atoms with Crippen molar-refractivity contribution in [2.45, 2.75) is 45.1 Å². The molecule has 1 atom stereocenters. The van der Waals surface area contributed by atoms with Gasteiger partial charge in [-0.3, -0.25) is 4.99 Å². The molecule has 0 spiro atoms. The van der Waals surface area contributed by atoms with Crippen LogP contribution in [0.1, 0.15) is 39.0 Å². The number of hydrogen-bond donors (Lipinski definition) is 2. The number of halogens is 1. The molecule has 5 nitrogen and oxygen atoms in total. The van der Waals surface area contributed by atoms with Crippen LogP contribution in [0, 0.1) is 0 Å². The average Bonchev–Trinajstić information content (AvgIpc) is 3.34. The number of anilines is 1. The molecule has 2 aliphatic rings. The van der Waals surface area contributed by atoms with Crippen molar-refractivity contribution >= 4 is 35.6 Å². The summed E-state index contributed by atoms with van der Waals surface area (Å²) in [4.78, 5) is 9.84. The van der Waals surface area contributed by atoms with E-state index in [1.54, 1.807) is 0 Å². The van der Waals surface area contributed by atoms with Crippen molar-refractivity contribution in [2.24, 2.45) is 4.99 Å². The molecule has 0 aromatic heterocycles. The Bertz CT molecular complexity index is 545. The summed E-state index contributed by atoms with van der Waals surface area (Å²) in [6.45, 7) is 9.96. The summed E-state index contributed by atoms with van der Waals surface area (Å²) in [6, 6.07) is 11.2. The average molecular weight is 485 g/mol. The molecular formula is C21H36IN5. The van der Waals surface area contributed by atoms with Crippen molar-refractivity contribution in [1.29, 1.82) is 0 Å². The quantitative estimate of drug-likeness (QED) is 0.257. The van der Waals surface area contributed by atoms with Gasteiger partial charge in [-0.05, 0) is 70.8 Å². The van der Waals surface area contributed by atoms with E-state index in [0.29, 0.717) is 6.04 Å². The molecular weight excluding hydrogens is 449 g/mol. The van der Waals surface area contributed by atoms with Gasteiger partial charge in [-0.2, -0.15) is 0 Å². The maximum Gasteiger partial charge on any atom is 0.191 e. The van der Waals surface area contributed by atoms with Crippen LogP contribution in [0.15, 0.2) is 35.3 Å². The molecule has 0 aliphatic carbocycles. The molecule has 2 N–H and O–H groups in total. The van der Waals surface area contributed by atoms with Crippen molar-refractivity contribution in [3.63, 3.8) is 0 Å². The van der Waals surface area contributed by atoms with Crippen LogP contribution >= 0.6 is 24.0 Å². The Morgan fingerprint density at radius 2 is 1.89 bits per heavy atom. The lowest BCUT2D eigenvalue weighted by atomic mass is 10.2. The van der Waals surface area contributed by atoms with Crippen LogP contribution in [-0.4, -0.2) is 62.7 Å².